The third-order valence-corrected chi connectivity index (χ3v) is 6.16. The highest BCUT2D eigenvalue weighted by atomic mass is 127. The summed E-state index contributed by atoms with van der Waals surface area (Å²) in [6.07, 6.45) is -1.12. The molecule has 6 nitrogen and oxygen atoms in total. The van der Waals surface area contributed by atoms with E-state index < -0.39 is 17.6 Å². The fourth-order valence-corrected chi connectivity index (χ4v) is 4.31. The number of carbonyl (C=O) groups excluding carboxylic acids is 1. The first kappa shape index (κ1) is 20.3. The summed E-state index contributed by atoms with van der Waals surface area (Å²) in [6, 6.07) is 13.2. The van der Waals surface area contributed by atoms with E-state index in [4.69, 9.17) is 0 Å². The number of carboxylic acids is 1. The van der Waals surface area contributed by atoms with Crippen molar-refractivity contribution in [3.05, 3.63) is 57.2 Å². The molecule has 0 saturated carbocycles. The Morgan fingerprint density at radius 3 is 2.39 bits per heavy atom. The maximum atomic E-state index is 12.9. The predicted octanol–water partition coefficient (Wildman–Crippen LogP) is 4.44. The van der Waals surface area contributed by atoms with Crippen LogP contribution in [0, 0.1) is 10.5 Å². The fraction of sp³-hybridized carbons (Fsp3) is 0.286. The molecular formula is C21H20INO5. The van der Waals surface area contributed by atoms with Crippen LogP contribution >= 0.6 is 22.6 Å². The molecule has 0 radical (unpaired) electrons. The first-order valence-electron chi connectivity index (χ1n) is 8.88. The standard InChI is InChI=1S/C21H20INO5/c1-13-3-5-14(6-4-13)16-11-15(7-8-17(16)22)18(24)12-21(19(25)26)9-2-10-23(21)20(27)28/h3-8,11H,2,9-10,12H2,1H3,(H,25,26)(H,27,28)/t21-/m0/s1. The molecule has 0 unspecified atom stereocenters. The maximum absolute atomic E-state index is 12.9. The van der Waals surface area contributed by atoms with Crippen LogP contribution in [0.25, 0.3) is 11.1 Å². The number of nitrogens with zero attached hydrogens (tertiary/aromatic N) is 1. The van der Waals surface area contributed by atoms with Gasteiger partial charge in [-0.05, 0) is 65.6 Å². The Morgan fingerprint density at radius 1 is 1.11 bits per heavy atom. The second-order valence-electron chi connectivity index (χ2n) is 7.04. The molecule has 1 aliphatic heterocycles. The molecule has 1 amide bonds. The van der Waals surface area contributed by atoms with Gasteiger partial charge in [0.15, 0.2) is 11.3 Å². The van der Waals surface area contributed by atoms with Gasteiger partial charge in [0, 0.05) is 22.1 Å². The Labute approximate surface area is 176 Å². The number of Topliss-reactive ketones (excluding diaryl/α,β-unsaturated/α-hetero) is 1. The number of rotatable bonds is 5. The minimum absolute atomic E-state index is 0.121. The zero-order valence-corrected chi connectivity index (χ0v) is 17.5. The SMILES string of the molecule is Cc1ccc(-c2cc(C(=O)C[C@]3(C(=O)O)CCCN3C(=O)O)ccc2I)cc1. The van der Waals surface area contributed by atoms with E-state index in [1.54, 1.807) is 12.1 Å². The van der Waals surface area contributed by atoms with E-state index in [1.807, 2.05) is 37.3 Å². The number of halogens is 1. The maximum Gasteiger partial charge on any atom is 0.408 e. The van der Waals surface area contributed by atoms with Crippen LogP contribution in [0.3, 0.4) is 0 Å². The number of hydrogen-bond acceptors (Lipinski definition) is 3. The molecule has 1 atom stereocenters. The van der Waals surface area contributed by atoms with Crippen LogP contribution in [0.1, 0.15) is 35.2 Å². The minimum Gasteiger partial charge on any atom is -0.479 e. The van der Waals surface area contributed by atoms with E-state index >= 15 is 0 Å². The van der Waals surface area contributed by atoms with Crippen molar-refractivity contribution in [1.82, 2.24) is 4.90 Å². The monoisotopic (exact) mass is 493 g/mol. The molecule has 1 fully saturated rings. The summed E-state index contributed by atoms with van der Waals surface area (Å²) in [4.78, 5) is 37.3. The van der Waals surface area contributed by atoms with Gasteiger partial charge < -0.3 is 10.2 Å². The van der Waals surface area contributed by atoms with E-state index in [2.05, 4.69) is 22.6 Å². The minimum atomic E-state index is -1.70. The van der Waals surface area contributed by atoms with Crippen molar-refractivity contribution in [3.8, 4) is 11.1 Å². The summed E-state index contributed by atoms with van der Waals surface area (Å²) in [5.41, 5.74) is 1.66. The van der Waals surface area contributed by atoms with Gasteiger partial charge in [-0.25, -0.2) is 9.59 Å². The van der Waals surface area contributed by atoms with Crippen LogP contribution in [0.4, 0.5) is 4.79 Å². The van der Waals surface area contributed by atoms with Crippen LogP contribution in [0.15, 0.2) is 42.5 Å². The van der Waals surface area contributed by atoms with Crippen molar-refractivity contribution in [3.63, 3.8) is 0 Å². The van der Waals surface area contributed by atoms with E-state index in [9.17, 15) is 24.6 Å². The summed E-state index contributed by atoms with van der Waals surface area (Å²) < 4.78 is 0.971. The quantitative estimate of drug-likeness (QED) is 0.475. The lowest BCUT2D eigenvalue weighted by atomic mass is 9.87. The lowest BCUT2D eigenvalue weighted by Gasteiger charge is -2.32. The lowest BCUT2D eigenvalue weighted by molar-refractivity contribution is -0.148. The smallest absolute Gasteiger partial charge is 0.408 e. The number of likely N-dealkylation sites (tertiary alicyclic amines) is 1. The molecule has 1 saturated heterocycles. The van der Waals surface area contributed by atoms with E-state index in [-0.39, 0.29) is 25.2 Å². The molecule has 7 heteroatoms. The molecule has 146 valence electrons. The number of hydrogen-bond donors (Lipinski definition) is 2. The second-order valence-corrected chi connectivity index (χ2v) is 8.20. The molecule has 0 aromatic heterocycles. The Hall–Kier alpha value is -2.42. The number of aryl methyl sites for hydroxylation is 1. The van der Waals surface area contributed by atoms with Crippen molar-refractivity contribution in [2.75, 3.05) is 6.54 Å². The number of aliphatic carboxylic acids is 1. The molecule has 1 heterocycles. The molecular weight excluding hydrogens is 473 g/mol. The molecule has 2 aromatic rings. The van der Waals surface area contributed by atoms with Crippen molar-refractivity contribution >= 4 is 40.4 Å². The van der Waals surface area contributed by atoms with Crippen LogP contribution in [0.5, 0.6) is 0 Å². The third-order valence-electron chi connectivity index (χ3n) is 5.22. The molecule has 3 rings (SSSR count). The highest BCUT2D eigenvalue weighted by Gasteiger charge is 2.51. The topological polar surface area (TPSA) is 94.9 Å². The third kappa shape index (κ3) is 3.76. The first-order chi connectivity index (χ1) is 13.2. The zero-order chi connectivity index (χ0) is 20.5. The predicted molar refractivity (Wildman–Crippen MR) is 113 cm³/mol. The van der Waals surface area contributed by atoms with Gasteiger partial charge in [0.25, 0.3) is 0 Å². The Balaban J connectivity index is 1.94. The summed E-state index contributed by atoms with van der Waals surface area (Å²) in [7, 11) is 0. The number of benzene rings is 2. The van der Waals surface area contributed by atoms with E-state index in [0.29, 0.717) is 12.0 Å². The highest BCUT2D eigenvalue weighted by Crippen LogP contribution is 2.35. The first-order valence-corrected chi connectivity index (χ1v) is 9.96. The molecule has 28 heavy (non-hydrogen) atoms. The van der Waals surface area contributed by atoms with Gasteiger partial charge in [0.05, 0.1) is 0 Å². The molecule has 0 aliphatic carbocycles. The lowest BCUT2D eigenvalue weighted by Crippen LogP contribution is -2.53. The number of amides is 1. The summed E-state index contributed by atoms with van der Waals surface area (Å²) >= 11 is 2.20. The summed E-state index contributed by atoms with van der Waals surface area (Å²) in [5.74, 6) is -1.65. The van der Waals surface area contributed by atoms with Gasteiger partial charge in [0.2, 0.25) is 0 Å². The van der Waals surface area contributed by atoms with Gasteiger partial charge >= 0.3 is 12.1 Å². The molecule has 2 N–H and O–H groups in total. The second kappa shape index (κ2) is 7.90. The molecule has 2 aromatic carbocycles. The van der Waals surface area contributed by atoms with Crippen molar-refractivity contribution in [2.24, 2.45) is 0 Å². The van der Waals surface area contributed by atoms with Gasteiger partial charge in [-0.1, -0.05) is 35.9 Å². The van der Waals surface area contributed by atoms with Gasteiger partial charge in [-0.3, -0.25) is 9.69 Å². The van der Waals surface area contributed by atoms with E-state index in [0.717, 1.165) is 25.2 Å². The molecule has 0 bridgehead atoms. The van der Waals surface area contributed by atoms with Gasteiger partial charge in [-0.15, -0.1) is 0 Å². The number of carbonyl (C=O) groups is 3. The van der Waals surface area contributed by atoms with Crippen molar-refractivity contribution < 1.29 is 24.6 Å². The Kier molecular flexibility index (Phi) is 5.74. The van der Waals surface area contributed by atoms with Crippen LogP contribution < -0.4 is 0 Å². The number of ketones is 1. The average Bonchev–Trinajstić information content (AvgIpc) is 3.08. The summed E-state index contributed by atoms with van der Waals surface area (Å²) in [5, 5.41) is 19.1. The van der Waals surface area contributed by atoms with Crippen LogP contribution in [0.2, 0.25) is 0 Å². The Bertz CT molecular complexity index is 940. The Morgan fingerprint density at radius 2 is 1.79 bits per heavy atom. The number of carboxylic acid groups (broad SMARTS) is 2. The van der Waals surface area contributed by atoms with Gasteiger partial charge in [-0.2, -0.15) is 0 Å². The molecule has 1 aliphatic rings. The molecule has 0 spiro atoms. The normalized spacial score (nSPS) is 18.9. The summed E-state index contributed by atoms with van der Waals surface area (Å²) in [6.45, 7) is 2.12. The zero-order valence-electron chi connectivity index (χ0n) is 15.3. The van der Waals surface area contributed by atoms with Gasteiger partial charge in [0.1, 0.15) is 0 Å². The average molecular weight is 493 g/mol. The highest BCUT2D eigenvalue weighted by molar-refractivity contribution is 14.1. The van der Waals surface area contributed by atoms with Crippen LogP contribution in [-0.4, -0.2) is 45.0 Å². The van der Waals surface area contributed by atoms with Crippen molar-refractivity contribution in [2.45, 2.75) is 31.7 Å². The fourth-order valence-electron chi connectivity index (χ4n) is 3.66. The van der Waals surface area contributed by atoms with Crippen molar-refractivity contribution in [1.29, 1.82) is 0 Å². The van der Waals surface area contributed by atoms with E-state index in [1.165, 1.54) is 0 Å². The largest absolute Gasteiger partial charge is 0.479 e. The van der Waals surface area contributed by atoms with Crippen LogP contribution in [-0.2, 0) is 4.79 Å².